The maximum Gasteiger partial charge on any atom is 0.224 e. The van der Waals surface area contributed by atoms with Gasteiger partial charge in [0.15, 0.2) is 5.82 Å². The smallest absolute Gasteiger partial charge is 0.224 e. The second kappa shape index (κ2) is 4.90. The molecule has 1 aromatic rings. The van der Waals surface area contributed by atoms with Crippen molar-refractivity contribution >= 4 is 23.4 Å². The standard InChI is InChI=1S/C12H19ClN4O/c1-12(2)7-17(5-4-9(12)18)10-8(13)6-15-11(14-3)16-10/h6,9,18H,4-5,7H2,1-3H3,(H,14,15,16). The number of halogens is 1. The van der Waals surface area contributed by atoms with Gasteiger partial charge < -0.3 is 15.3 Å². The second-order valence-corrected chi connectivity index (χ2v) is 5.74. The summed E-state index contributed by atoms with van der Waals surface area (Å²) in [6.45, 7) is 5.59. The van der Waals surface area contributed by atoms with Gasteiger partial charge >= 0.3 is 0 Å². The van der Waals surface area contributed by atoms with Gasteiger partial charge in [0.2, 0.25) is 5.95 Å². The molecular weight excluding hydrogens is 252 g/mol. The van der Waals surface area contributed by atoms with E-state index in [0.717, 1.165) is 25.3 Å². The van der Waals surface area contributed by atoms with Gasteiger partial charge in [0.25, 0.3) is 0 Å². The Morgan fingerprint density at radius 2 is 2.28 bits per heavy atom. The van der Waals surface area contributed by atoms with E-state index < -0.39 is 0 Å². The fourth-order valence-electron chi connectivity index (χ4n) is 2.23. The predicted octanol–water partition coefficient (Wildman–Crippen LogP) is 1.77. The number of hydrogen-bond donors (Lipinski definition) is 2. The van der Waals surface area contributed by atoms with Crippen molar-refractivity contribution in [2.45, 2.75) is 26.4 Å². The molecule has 0 aromatic carbocycles. The first-order chi connectivity index (χ1) is 8.44. The zero-order chi connectivity index (χ0) is 13.3. The summed E-state index contributed by atoms with van der Waals surface area (Å²) in [7, 11) is 1.77. The Balaban J connectivity index is 2.26. The molecule has 5 nitrogen and oxygen atoms in total. The molecule has 1 atom stereocenters. The summed E-state index contributed by atoms with van der Waals surface area (Å²) in [5, 5.41) is 13.4. The number of hydrogen-bond acceptors (Lipinski definition) is 5. The number of aliphatic hydroxyl groups excluding tert-OH is 1. The van der Waals surface area contributed by atoms with Gasteiger partial charge in [0, 0.05) is 25.6 Å². The maximum atomic E-state index is 9.97. The van der Waals surface area contributed by atoms with E-state index in [4.69, 9.17) is 11.6 Å². The zero-order valence-electron chi connectivity index (χ0n) is 10.9. The summed E-state index contributed by atoms with van der Waals surface area (Å²) in [5.74, 6) is 1.29. The highest BCUT2D eigenvalue weighted by Crippen LogP contribution is 2.34. The van der Waals surface area contributed by atoms with E-state index >= 15 is 0 Å². The van der Waals surface area contributed by atoms with E-state index in [2.05, 4.69) is 34.0 Å². The van der Waals surface area contributed by atoms with E-state index in [9.17, 15) is 5.11 Å². The second-order valence-electron chi connectivity index (χ2n) is 5.33. The van der Waals surface area contributed by atoms with Gasteiger partial charge in [0.1, 0.15) is 5.02 Å². The molecule has 0 bridgehead atoms. The van der Waals surface area contributed by atoms with Crippen molar-refractivity contribution in [3.8, 4) is 0 Å². The summed E-state index contributed by atoms with van der Waals surface area (Å²) in [6, 6.07) is 0. The van der Waals surface area contributed by atoms with Crippen LogP contribution in [0.5, 0.6) is 0 Å². The minimum Gasteiger partial charge on any atom is -0.392 e. The third-order valence-electron chi connectivity index (χ3n) is 3.42. The minimum atomic E-state index is -0.280. The molecule has 1 aliphatic heterocycles. The molecule has 1 saturated heterocycles. The third-order valence-corrected chi connectivity index (χ3v) is 3.69. The molecule has 18 heavy (non-hydrogen) atoms. The molecule has 2 heterocycles. The van der Waals surface area contributed by atoms with Gasteiger partial charge in [-0.05, 0) is 6.42 Å². The summed E-state index contributed by atoms with van der Waals surface area (Å²) in [4.78, 5) is 10.6. The molecule has 0 spiro atoms. The van der Waals surface area contributed by atoms with Crippen molar-refractivity contribution in [1.82, 2.24) is 9.97 Å². The molecular formula is C12H19ClN4O. The lowest BCUT2D eigenvalue weighted by molar-refractivity contribution is 0.0334. The van der Waals surface area contributed by atoms with Crippen LogP contribution in [-0.4, -0.2) is 41.3 Å². The normalized spacial score (nSPS) is 22.9. The lowest BCUT2D eigenvalue weighted by Crippen LogP contribution is -2.49. The van der Waals surface area contributed by atoms with E-state index in [-0.39, 0.29) is 11.5 Å². The first-order valence-electron chi connectivity index (χ1n) is 6.07. The van der Waals surface area contributed by atoms with Crippen molar-refractivity contribution in [3.05, 3.63) is 11.2 Å². The Morgan fingerprint density at radius 1 is 1.56 bits per heavy atom. The number of nitrogens with zero attached hydrogens (tertiary/aromatic N) is 3. The SMILES string of the molecule is CNc1ncc(Cl)c(N2CCC(O)C(C)(C)C2)n1. The van der Waals surface area contributed by atoms with Crippen LogP contribution in [0, 0.1) is 5.41 Å². The average molecular weight is 271 g/mol. The highest BCUT2D eigenvalue weighted by molar-refractivity contribution is 6.32. The van der Waals surface area contributed by atoms with Crippen LogP contribution in [0.15, 0.2) is 6.20 Å². The monoisotopic (exact) mass is 270 g/mol. The van der Waals surface area contributed by atoms with Crippen LogP contribution in [0.25, 0.3) is 0 Å². The topological polar surface area (TPSA) is 61.3 Å². The van der Waals surface area contributed by atoms with Crippen molar-refractivity contribution in [2.75, 3.05) is 30.4 Å². The molecule has 1 fully saturated rings. The first-order valence-corrected chi connectivity index (χ1v) is 6.45. The Morgan fingerprint density at radius 3 is 2.89 bits per heavy atom. The lowest BCUT2D eigenvalue weighted by Gasteiger charge is -2.42. The van der Waals surface area contributed by atoms with Crippen LogP contribution in [0.3, 0.4) is 0 Å². The third kappa shape index (κ3) is 2.52. The molecule has 2 N–H and O–H groups in total. The zero-order valence-corrected chi connectivity index (χ0v) is 11.7. The Bertz CT molecular complexity index is 438. The van der Waals surface area contributed by atoms with Crippen molar-refractivity contribution in [2.24, 2.45) is 5.41 Å². The molecule has 0 saturated carbocycles. The number of aliphatic hydroxyl groups is 1. The summed E-state index contributed by atoms with van der Waals surface area (Å²) in [6.07, 6.45) is 2.05. The van der Waals surface area contributed by atoms with E-state index in [1.165, 1.54) is 0 Å². The Labute approximate surface area is 112 Å². The minimum absolute atomic E-state index is 0.160. The van der Waals surface area contributed by atoms with Crippen LogP contribution in [0.4, 0.5) is 11.8 Å². The predicted molar refractivity (Wildman–Crippen MR) is 73.2 cm³/mol. The number of rotatable bonds is 2. The molecule has 0 amide bonds. The van der Waals surface area contributed by atoms with Gasteiger partial charge in [0.05, 0.1) is 12.3 Å². The molecule has 0 aliphatic carbocycles. The van der Waals surface area contributed by atoms with Gasteiger partial charge in [-0.1, -0.05) is 25.4 Å². The van der Waals surface area contributed by atoms with Crippen LogP contribution >= 0.6 is 11.6 Å². The van der Waals surface area contributed by atoms with Crippen molar-refractivity contribution in [3.63, 3.8) is 0 Å². The lowest BCUT2D eigenvalue weighted by atomic mass is 9.81. The quantitative estimate of drug-likeness (QED) is 0.858. The molecule has 100 valence electrons. The highest BCUT2D eigenvalue weighted by atomic mass is 35.5. The number of anilines is 2. The molecule has 6 heteroatoms. The number of aromatic nitrogens is 2. The fraction of sp³-hybridized carbons (Fsp3) is 0.667. The first kappa shape index (κ1) is 13.4. The molecule has 1 aliphatic rings. The number of nitrogens with one attached hydrogen (secondary N) is 1. The van der Waals surface area contributed by atoms with Gasteiger partial charge in [-0.3, -0.25) is 0 Å². The van der Waals surface area contributed by atoms with E-state index in [1.54, 1.807) is 13.2 Å². The average Bonchev–Trinajstić information content (AvgIpc) is 2.33. The summed E-state index contributed by atoms with van der Waals surface area (Å²) in [5.41, 5.74) is -0.160. The van der Waals surface area contributed by atoms with Gasteiger partial charge in [-0.15, -0.1) is 0 Å². The maximum absolute atomic E-state index is 9.97. The molecule has 1 unspecified atom stereocenters. The van der Waals surface area contributed by atoms with Crippen LogP contribution < -0.4 is 10.2 Å². The van der Waals surface area contributed by atoms with Crippen LogP contribution in [-0.2, 0) is 0 Å². The molecule has 1 aromatic heterocycles. The van der Waals surface area contributed by atoms with Crippen LogP contribution in [0.1, 0.15) is 20.3 Å². The van der Waals surface area contributed by atoms with E-state index in [0.29, 0.717) is 11.0 Å². The summed E-state index contributed by atoms with van der Waals surface area (Å²) < 4.78 is 0. The molecule has 0 radical (unpaired) electrons. The van der Waals surface area contributed by atoms with Crippen molar-refractivity contribution in [1.29, 1.82) is 0 Å². The van der Waals surface area contributed by atoms with Gasteiger partial charge in [-0.2, -0.15) is 4.98 Å². The number of piperidine rings is 1. The summed E-state index contributed by atoms with van der Waals surface area (Å²) >= 11 is 6.16. The fourth-order valence-corrected chi connectivity index (χ4v) is 2.44. The van der Waals surface area contributed by atoms with Crippen molar-refractivity contribution < 1.29 is 5.11 Å². The highest BCUT2D eigenvalue weighted by Gasteiger charge is 2.35. The Hall–Kier alpha value is -1.07. The largest absolute Gasteiger partial charge is 0.392 e. The van der Waals surface area contributed by atoms with Gasteiger partial charge in [-0.25, -0.2) is 4.98 Å². The van der Waals surface area contributed by atoms with Crippen LogP contribution in [0.2, 0.25) is 5.02 Å². The molecule has 2 rings (SSSR count). The van der Waals surface area contributed by atoms with E-state index in [1.807, 2.05) is 0 Å². The Kier molecular flexibility index (Phi) is 3.64.